The van der Waals surface area contributed by atoms with Gasteiger partial charge in [-0.3, -0.25) is 0 Å². The monoisotopic (exact) mass is 292 g/mol. The molecule has 1 rings (SSSR count). The summed E-state index contributed by atoms with van der Waals surface area (Å²) < 4.78 is 30.5. The minimum atomic E-state index is -3.59. The molecule has 0 spiro atoms. The minimum Gasteiger partial charge on any atom is -0.383 e. The van der Waals surface area contributed by atoms with E-state index in [0.29, 0.717) is 13.2 Å². The van der Waals surface area contributed by atoms with E-state index in [0.717, 1.165) is 5.56 Å². The fourth-order valence-electron chi connectivity index (χ4n) is 1.39. The molecule has 0 aromatic heterocycles. The molecule has 7 heteroatoms. The summed E-state index contributed by atoms with van der Waals surface area (Å²) in [4.78, 5) is 0.0833. The van der Waals surface area contributed by atoms with Gasteiger partial charge in [0.05, 0.1) is 11.6 Å². The fraction of sp³-hybridized carbons (Fsp3) is 0.455. The van der Waals surface area contributed by atoms with Crippen LogP contribution >= 0.6 is 11.6 Å². The Kier molecular flexibility index (Phi) is 5.55. The number of rotatable bonds is 6. The van der Waals surface area contributed by atoms with E-state index in [2.05, 4.69) is 0 Å². The van der Waals surface area contributed by atoms with Crippen LogP contribution in [0.1, 0.15) is 5.56 Å². The van der Waals surface area contributed by atoms with Crippen molar-refractivity contribution in [3.05, 3.63) is 28.8 Å². The average molecular weight is 293 g/mol. The van der Waals surface area contributed by atoms with Crippen LogP contribution in [0.3, 0.4) is 0 Å². The second-order valence-corrected chi connectivity index (χ2v) is 6.21. The Morgan fingerprint density at radius 3 is 2.61 bits per heavy atom. The van der Waals surface area contributed by atoms with E-state index >= 15 is 0 Å². The van der Waals surface area contributed by atoms with Crippen LogP contribution in [0.25, 0.3) is 0 Å². The zero-order chi connectivity index (χ0) is 13.8. The number of likely N-dealkylation sites (N-methyl/N-ethyl adjacent to an activating group) is 1. The molecule has 0 aliphatic carbocycles. The van der Waals surface area contributed by atoms with Gasteiger partial charge in [-0.25, -0.2) is 8.42 Å². The lowest BCUT2D eigenvalue weighted by Gasteiger charge is -2.17. The van der Waals surface area contributed by atoms with E-state index in [1.54, 1.807) is 12.1 Å². The maximum Gasteiger partial charge on any atom is 0.244 e. The van der Waals surface area contributed by atoms with E-state index in [1.807, 2.05) is 0 Å². The summed E-state index contributed by atoms with van der Waals surface area (Å²) in [5, 5.41) is 0.183. The third kappa shape index (κ3) is 3.43. The number of hydrogen-bond acceptors (Lipinski definition) is 4. The Morgan fingerprint density at radius 1 is 1.44 bits per heavy atom. The quantitative estimate of drug-likeness (QED) is 0.851. The summed E-state index contributed by atoms with van der Waals surface area (Å²) in [5.41, 5.74) is 6.26. The molecule has 0 unspecified atom stereocenters. The van der Waals surface area contributed by atoms with Crippen LogP contribution in [0.15, 0.2) is 23.1 Å². The summed E-state index contributed by atoms with van der Waals surface area (Å²) in [6.07, 6.45) is 0. The molecule has 5 nitrogen and oxygen atoms in total. The molecule has 0 aliphatic rings. The Hall–Kier alpha value is -0.660. The summed E-state index contributed by atoms with van der Waals surface area (Å²) in [7, 11) is -0.581. The van der Waals surface area contributed by atoms with Crippen LogP contribution < -0.4 is 5.73 Å². The molecule has 0 heterocycles. The second kappa shape index (κ2) is 6.49. The van der Waals surface area contributed by atoms with Gasteiger partial charge in [-0.2, -0.15) is 4.31 Å². The molecular weight excluding hydrogens is 276 g/mol. The van der Waals surface area contributed by atoms with Gasteiger partial charge >= 0.3 is 0 Å². The lowest BCUT2D eigenvalue weighted by Crippen LogP contribution is -2.30. The first-order chi connectivity index (χ1) is 8.43. The number of benzene rings is 1. The molecule has 18 heavy (non-hydrogen) atoms. The first-order valence-corrected chi connectivity index (χ1v) is 7.19. The van der Waals surface area contributed by atoms with Crippen molar-refractivity contribution in [2.45, 2.75) is 11.4 Å². The SMILES string of the molecule is COCCN(C)S(=O)(=O)c1ccc(CN)cc1Cl. The van der Waals surface area contributed by atoms with Crippen LogP contribution in [-0.4, -0.2) is 40.0 Å². The topological polar surface area (TPSA) is 72.6 Å². The van der Waals surface area contributed by atoms with Crippen molar-refractivity contribution in [1.82, 2.24) is 4.31 Å². The normalized spacial score (nSPS) is 12.1. The molecular formula is C11H17ClN2O3S. The zero-order valence-electron chi connectivity index (χ0n) is 10.4. The van der Waals surface area contributed by atoms with E-state index in [9.17, 15) is 8.42 Å². The highest BCUT2D eigenvalue weighted by Gasteiger charge is 2.23. The Morgan fingerprint density at radius 2 is 2.11 bits per heavy atom. The van der Waals surface area contributed by atoms with Gasteiger partial charge in [0, 0.05) is 27.2 Å². The molecule has 0 amide bonds. The molecule has 1 aromatic carbocycles. The summed E-state index contributed by atoms with van der Waals surface area (Å²) in [6.45, 7) is 0.918. The Bertz CT molecular complexity index is 505. The zero-order valence-corrected chi connectivity index (χ0v) is 12.0. The smallest absolute Gasteiger partial charge is 0.244 e. The number of nitrogens with two attached hydrogens (primary N) is 1. The lowest BCUT2D eigenvalue weighted by molar-refractivity contribution is 0.185. The van der Waals surface area contributed by atoms with E-state index in [1.165, 1.54) is 24.5 Å². The standard InChI is InChI=1S/C11H17ClN2O3S/c1-14(5-6-17-2)18(15,16)11-4-3-9(8-13)7-10(11)12/h3-4,7H,5-6,8,13H2,1-2H3. The third-order valence-corrected chi connectivity index (χ3v) is 4.87. The van der Waals surface area contributed by atoms with E-state index < -0.39 is 10.0 Å². The molecule has 0 radical (unpaired) electrons. The minimum absolute atomic E-state index is 0.0833. The number of sulfonamides is 1. The van der Waals surface area contributed by atoms with Crippen LogP contribution in [0.4, 0.5) is 0 Å². The van der Waals surface area contributed by atoms with Gasteiger partial charge in [-0.1, -0.05) is 17.7 Å². The van der Waals surface area contributed by atoms with Gasteiger partial charge in [-0.15, -0.1) is 0 Å². The van der Waals surface area contributed by atoms with Gasteiger partial charge in [0.1, 0.15) is 4.90 Å². The Balaban J connectivity index is 3.05. The summed E-state index contributed by atoms with van der Waals surface area (Å²) >= 11 is 5.98. The largest absolute Gasteiger partial charge is 0.383 e. The number of hydrogen-bond donors (Lipinski definition) is 1. The van der Waals surface area contributed by atoms with Gasteiger partial charge < -0.3 is 10.5 Å². The number of methoxy groups -OCH3 is 1. The molecule has 0 saturated heterocycles. The summed E-state index contributed by atoms with van der Waals surface area (Å²) in [5.74, 6) is 0. The molecule has 0 saturated carbocycles. The highest BCUT2D eigenvalue weighted by atomic mass is 35.5. The lowest BCUT2D eigenvalue weighted by atomic mass is 10.2. The molecule has 1 aromatic rings. The molecule has 102 valence electrons. The first kappa shape index (κ1) is 15.4. The van der Waals surface area contributed by atoms with Crippen LogP contribution in [0.5, 0.6) is 0 Å². The van der Waals surface area contributed by atoms with E-state index in [4.69, 9.17) is 22.1 Å². The molecule has 0 bridgehead atoms. The number of ether oxygens (including phenoxy) is 1. The van der Waals surface area contributed by atoms with Crippen LogP contribution in [0.2, 0.25) is 5.02 Å². The second-order valence-electron chi connectivity index (χ2n) is 3.79. The van der Waals surface area contributed by atoms with Crippen molar-refractivity contribution in [3.63, 3.8) is 0 Å². The first-order valence-electron chi connectivity index (χ1n) is 5.37. The Labute approximate surface area is 113 Å². The molecule has 0 atom stereocenters. The summed E-state index contributed by atoms with van der Waals surface area (Å²) in [6, 6.07) is 4.70. The van der Waals surface area contributed by atoms with Gasteiger partial charge in [0.25, 0.3) is 0 Å². The third-order valence-electron chi connectivity index (χ3n) is 2.53. The predicted octanol–water partition coefficient (Wildman–Crippen LogP) is 1.07. The van der Waals surface area contributed by atoms with Crippen molar-refractivity contribution in [3.8, 4) is 0 Å². The number of halogens is 1. The fourth-order valence-corrected chi connectivity index (χ4v) is 3.08. The van der Waals surface area contributed by atoms with Crippen molar-refractivity contribution >= 4 is 21.6 Å². The van der Waals surface area contributed by atoms with Gasteiger partial charge in [0.15, 0.2) is 0 Å². The van der Waals surface area contributed by atoms with Crippen molar-refractivity contribution in [2.75, 3.05) is 27.3 Å². The predicted molar refractivity (Wildman–Crippen MR) is 71.0 cm³/mol. The van der Waals surface area contributed by atoms with Crippen molar-refractivity contribution in [1.29, 1.82) is 0 Å². The molecule has 2 N–H and O–H groups in total. The van der Waals surface area contributed by atoms with Crippen molar-refractivity contribution in [2.24, 2.45) is 5.73 Å². The van der Waals surface area contributed by atoms with Crippen molar-refractivity contribution < 1.29 is 13.2 Å². The maximum absolute atomic E-state index is 12.2. The van der Waals surface area contributed by atoms with Gasteiger partial charge in [0.2, 0.25) is 10.0 Å². The van der Waals surface area contributed by atoms with Crippen LogP contribution in [-0.2, 0) is 21.3 Å². The molecule has 0 aliphatic heterocycles. The number of nitrogens with zero attached hydrogens (tertiary/aromatic N) is 1. The highest BCUT2D eigenvalue weighted by molar-refractivity contribution is 7.89. The highest BCUT2D eigenvalue weighted by Crippen LogP contribution is 2.25. The molecule has 0 fully saturated rings. The van der Waals surface area contributed by atoms with Gasteiger partial charge in [-0.05, 0) is 17.7 Å². The van der Waals surface area contributed by atoms with Crippen LogP contribution in [0, 0.1) is 0 Å². The average Bonchev–Trinajstić information content (AvgIpc) is 2.35. The maximum atomic E-state index is 12.2. The van der Waals surface area contributed by atoms with E-state index in [-0.39, 0.29) is 16.5 Å².